The molecular weight excluding hydrogens is 397 g/mol. The Morgan fingerprint density at radius 2 is 1.96 bits per heavy atom. The number of hydrogen-bond donors (Lipinski definition) is 0. The van der Waals surface area contributed by atoms with Crippen LogP contribution in [0.15, 0.2) is 23.1 Å². The molecule has 0 N–H and O–H groups in total. The maximum absolute atomic E-state index is 12.7. The van der Waals surface area contributed by atoms with Gasteiger partial charge in [0.05, 0.1) is 4.91 Å². The van der Waals surface area contributed by atoms with E-state index in [0.29, 0.717) is 15.5 Å². The molecule has 0 aliphatic heterocycles. The first-order chi connectivity index (χ1) is 11.5. The fourth-order valence-corrected chi connectivity index (χ4v) is 4.52. The van der Waals surface area contributed by atoms with Crippen LogP contribution in [-0.2, 0) is 9.84 Å². The van der Waals surface area contributed by atoms with Crippen LogP contribution in [0.4, 0.5) is 13.2 Å². The number of Topliss-reactive ketones (excluding diaryl/α,β-unsaturated/α-hetero) is 1. The predicted molar refractivity (Wildman–Crippen MR) is 90.2 cm³/mol. The van der Waals surface area contributed by atoms with Gasteiger partial charge >= 0.3 is 5.51 Å². The number of aryl methyl sites for hydroxylation is 1. The average molecular weight is 406 g/mol. The Kier molecular flexibility index (Phi) is 4.33. The van der Waals surface area contributed by atoms with Crippen molar-refractivity contribution >= 4 is 44.6 Å². The van der Waals surface area contributed by atoms with Crippen molar-refractivity contribution in [1.82, 2.24) is 0 Å². The molecule has 25 heavy (non-hydrogen) atoms. The Labute approximate surface area is 150 Å². The Bertz CT molecular complexity index is 1020. The molecule has 2 aromatic rings. The Morgan fingerprint density at radius 3 is 2.56 bits per heavy atom. The number of ketones is 1. The van der Waals surface area contributed by atoms with Crippen molar-refractivity contribution in [3.05, 3.63) is 50.2 Å². The maximum Gasteiger partial charge on any atom is 0.501 e. The number of benzene rings is 1. The van der Waals surface area contributed by atoms with Crippen LogP contribution in [0.2, 0.25) is 5.02 Å². The third-order valence-electron chi connectivity index (χ3n) is 3.67. The fraction of sp³-hybridized carbons (Fsp3) is 0.188. The van der Waals surface area contributed by atoms with Crippen LogP contribution in [0.1, 0.15) is 27.2 Å². The van der Waals surface area contributed by atoms with Gasteiger partial charge in [-0.25, -0.2) is 8.42 Å². The van der Waals surface area contributed by atoms with Crippen molar-refractivity contribution in [2.75, 3.05) is 0 Å². The fourth-order valence-electron chi connectivity index (χ4n) is 2.35. The summed E-state index contributed by atoms with van der Waals surface area (Å²) in [6, 6.07) is 7.99. The van der Waals surface area contributed by atoms with E-state index in [2.05, 4.69) is 6.07 Å². The Hall–Kier alpha value is -1.64. The minimum Gasteiger partial charge on any atom is -0.294 e. The molecule has 1 aromatic carbocycles. The average Bonchev–Trinajstić information content (AvgIpc) is 2.93. The molecule has 1 radical (unpaired) electrons. The summed E-state index contributed by atoms with van der Waals surface area (Å²) in [7, 11) is -5.53. The normalized spacial score (nSPS) is 15.1. The summed E-state index contributed by atoms with van der Waals surface area (Å²) < 4.78 is 61.3. The van der Waals surface area contributed by atoms with Crippen LogP contribution in [0.5, 0.6) is 0 Å². The minimum atomic E-state index is -5.53. The van der Waals surface area contributed by atoms with Crippen LogP contribution in [0, 0.1) is 13.0 Å². The second kappa shape index (κ2) is 5.96. The first kappa shape index (κ1) is 18.2. The van der Waals surface area contributed by atoms with E-state index in [1.54, 1.807) is 25.1 Å². The molecule has 0 amide bonds. The molecular formula is C16H9ClF3O3S2. The summed E-state index contributed by atoms with van der Waals surface area (Å²) in [6.45, 7) is 1.79. The number of alkyl halides is 3. The summed E-state index contributed by atoms with van der Waals surface area (Å²) in [5.74, 6) is -0.700. The molecule has 0 unspecified atom stereocenters. The van der Waals surface area contributed by atoms with Gasteiger partial charge in [-0.15, -0.1) is 11.3 Å². The molecule has 0 saturated heterocycles. The highest BCUT2D eigenvalue weighted by Gasteiger charge is 2.49. The molecule has 131 valence electrons. The van der Waals surface area contributed by atoms with Gasteiger partial charge in [-0.1, -0.05) is 17.7 Å². The van der Waals surface area contributed by atoms with Gasteiger partial charge in [0.2, 0.25) is 0 Å². The van der Waals surface area contributed by atoms with Crippen molar-refractivity contribution < 1.29 is 26.4 Å². The number of halogens is 4. The molecule has 1 aliphatic carbocycles. The first-order valence-corrected chi connectivity index (χ1v) is 9.56. The lowest BCUT2D eigenvalue weighted by molar-refractivity contribution is -0.0426. The van der Waals surface area contributed by atoms with Crippen molar-refractivity contribution in [1.29, 1.82) is 0 Å². The largest absolute Gasteiger partial charge is 0.501 e. The standard InChI is InChI=1S/C16H9ClF3O3S2/c1-8-4-9(2-3-12(8)17)14-7-11-13(21)5-10(6-15(11)24-14)25(22,23)16(18,19)20/h2-4,6H,5H2,1H3. The SMILES string of the molecule is Cc1cc(-c2[c]c3c(s2)C=C(S(=O)(=O)C(F)(F)F)CC3=O)ccc1Cl. The predicted octanol–water partition coefficient (Wildman–Crippen LogP) is 5.04. The van der Waals surface area contributed by atoms with Crippen molar-refractivity contribution in [2.24, 2.45) is 0 Å². The van der Waals surface area contributed by atoms with Gasteiger partial charge in [0.1, 0.15) is 0 Å². The first-order valence-electron chi connectivity index (χ1n) is 6.88. The molecule has 0 bridgehead atoms. The second-order valence-corrected chi connectivity index (χ2v) is 8.87. The van der Waals surface area contributed by atoms with Gasteiger partial charge < -0.3 is 0 Å². The summed E-state index contributed by atoms with van der Waals surface area (Å²) >= 11 is 6.97. The number of hydrogen-bond acceptors (Lipinski definition) is 4. The molecule has 1 aliphatic rings. The van der Waals surface area contributed by atoms with Gasteiger partial charge in [0.25, 0.3) is 9.84 Å². The molecule has 1 heterocycles. The van der Waals surface area contributed by atoms with Crippen molar-refractivity contribution in [3.8, 4) is 10.4 Å². The molecule has 3 rings (SSSR count). The Balaban J connectivity index is 2.10. The van der Waals surface area contributed by atoms with E-state index in [9.17, 15) is 26.4 Å². The summed E-state index contributed by atoms with van der Waals surface area (Å²) in [4.78, 5) is 11.9. The number of carbonyl (C=O) groups excluding carboxylic acids is 1. The van der Waals surface area contributed by atoms with Crippen LogP contribution < -0.4 is 0 Å². The maximum atomic E-state index is 12.7. The van der Waals surface area contributed by atoms with E-state index >= 15 is 0 Å². The van der Waals surface area contributed by atoms with E-state index < -0.39 is 32.5 Å². The van der Waals surface area contributed by atoms with Gasteiger partial charge in [-0.05, 0) is 36.3 Å². The second-order valence-electron chi connectivity index (χ2n) is 5.42. The zero-order chi connectivity index (χ0) is 18.6. The zero-order valence-corrected chi connectivity index (χ0v) is 15.0. The van der Waals surface area contributed by atoms with E-state index in [-0.39, 0.29) is 10.4 Å². The number of carbonyl (C=O) groups is 1. The van der Waals surface area contributed by atoms with Crippen LogP contribution in [-0.4, -0.2) is 19.7 Å². The van der Waals surface area contributed by atoms with Crippen molar-refractivity contribution in [2.45, 2.75) is 18.9 Å². The van der Waals surface area contributed by atoms with E-state index in [4.69, 9.17) is 11.6 Å². The number of fused-ring (bicyclic) bond motifs is 1. The summed E-state index contributed by atoms with van der Waals surface area (Å²) in [6.07, 6.45) is 0.0914. The minimum absolute atomic E-state index is 0.105. The Morgan fingerprint density at radius 1 is 1.28 bits per heavy atom. The molecule has 0 fully saturated rings. The molecule has 0 saturated carbocycles. The van der Waals surface area contributed by atoms with Gasteiger partial charge in [0.15, 0.2) is 5.78 Å². The van der Waals surface area contributed by atoms with Gasteiger partial charge in [0, 0.05) is 32.8 Å². The highest BCUT2D eigenvalue weighted by Crippen LogP contribution is 2.41. The number of sulfone groups is 1. The van der Waals surface area contributed by atoms with E-state index in [1.807, 2.05) is 0 Å². The molecule has 0 spiro atoms. The summed E-state index contributed by atoms with van der Waals surface area (Å²) in [5, 5.41) is 0.555. The lowest BCUT2D eigenvalue weighted by Crippen LogP contribution is -2.27. The van der Waals surface area contributed by atoms with Crippen LogP contribution >= 0.6 is 22.9 Å². The monoisotopic (exact) mass is 405 g/mol. The number of rotatable bonds is 2. The van der Waals surface area contributed by atoms with Crippen molar-refractivity contribution in [3.63, 3.8) is 0 Å². The van der Waals surface area contributed by atoms with E-state index in [0.717, 1.165) is 23.0 Å². The molecule has 3 nitrogen and oxygen atoms in total. The van der Waals surface area contributed by atoms with Crippen LogP contribution in [0.3, 0.4) is 0 Å². The lowest BCUT2D eigenvalue weighted by atomic mass is 10.0. The smallest absolute Gasteiger partial charge is 0.294 e. The highest BCUT2D eigenvalue weighted by molar-refractivity contribution is 7.96. The van der Waals surface area contributed by atoms with Crippen LogP contribution in [0.25, 0.3) is 16.5 Å². The van der Waals surface area contributed by atoms with E-state index in [1.165, 1.54) is 0 Å². The zero-order valence-electron chi connectivity index (χ0n) is 12.6. The molecule has 0 atom stereocenters. The van der Waals surface area contributed by atoms with Gasteiger partial charge in [-0.3, -0.25) is 4.79 Å². The quantitative estimate of drug-likeness (QED) is 0.703. The summed E-state index contributed by atoms with van der Waals surface area (Å²) in [5.41, 5.74) is -3.84. The lowest BCUT2D eigenvalue weighted by Gasteiger charge is -2.14. The van der Waals surface area contributed by atoms with Gasteiger partial charge in [-0.2, -0.15) is 13.2 Å². The number of thiophene rings is 1. The third-order valence-corrected chi connectivity index (χ3v) is 6.74. The molecule has 1 aromatic heterocycles. The third kappa shape index (κ3) is 3.14. The highest BCUT2D eigenvalue weighted by atomic mass is 35.5. The topological polar surface area (TPSA) is 51.2 Å². The number of allylic oxidation sites excluding steroid dienone is 1. The molecule has 9 heteroatoms.